The van der Waals surface area contributed by atoms with E-state index in [-0.39, 0.29) is 5.97 Å². The van der Waals surface area contributed by atoms with Gasteiger partial charge in [0.05, 0.1) is 0 Å². The van der Waals surface area contributed by atoms with Crippen LogP contribution >= 0.6 is 0 Å². The molecule has 0 saturated carbocycles. The minimum absolute atomic E-state index is 0.315. The van der Waals surface area contributed by atoms with Crippen LogP contribution in [0.1, 0.15) is 18.1 Å². The van der Waals surface area contributed by atoms with E-state index >= 15 is 0 Å². The SMILES string of the molecule is C=C(c1ccccc1)c1ccc(OC(C)=O)cc1. The van der Waals surface area contributed by atoms with Gasteiger partial charge in [0, 0.05) is 6.92 Å². The second kappa shape index (κ2) is 5.32. The van der Waals surface area contributed by atoms with E-state index in [1.54, 1.807) is 12.1 Å². The third kappa shape index (κ3) is 2.86. The molecule has 90 valence electrons. The summed E-state index contributed by atoms with van der Waals surface area (Å²) in [6.45, 7) is 5.46. The summed E-state index contributed by atoms with van der Waals surface area (Å²) in [6, 6.07) is 17.3. The first-order chi connectivity index (χ1) is 8.66. The molecule has 0 atom stereocenters. The van der Waals surface area contributed by atoms with Crippen molar-refractivity contribution in [3.8, 4) is 5.75 Å². The van der Waals surface area contributed by atoms with Crippen molar-refractivity contribution in [2.75, 3.05) is 0 Å². The van der Waals surface area contributed by atoms with Gasteiger partial charge in [-0.15, -0.1) is 0 Å². The average molecular weight is 238 g/mol. The Kier molecular flexibility index (Phi) is 3.58. The summed E-state index contributed by atoms with van der Waals surface area (Å²) in [5.41, 5.74) is 3.04. The van der Waals surface area contributed by atoms with Crippen LogP contribution in [0.25, 0.3) is 5.57 Å². The molecule has 0 aromatic heterocycles. The fourth-order valence-corrected chi connectivity index (χ4v) is 1.70. The molecule has 0 aliphatic carbocycles. The second-order valence-corrected chi connectivity index (χ2v) is 3.96. The molecule has 0 heterocycles. The Balaban J connectivity index is 2.20. The largest absolute Gasteiger partial charge is 0.427 e. The van der Waals surface area contributed by atoms with Crippen LogP contribution in [-0.2, 0) is 4.79 Å². The molecule has 0 saturated heterocycles. The minimum Gasteiger partial charge on any atom is -0.427 e. The summed E-state index contributed by atoms with van der Waals surface area (Å²) in [5, 5.41) is 0. The molecule has 0 aliphatic rings. The molecule has 18 heavy (non-hydrogen) atoms. The van der Waals surface area contributed by atoms with E-state index < -0.39 is 0 Å². The van der Waals surface area contributed by atoms with Gasteiger partial charge in [-0.25, -0.2) is 0 Å². The highest BCUT2D eigenvalue weighted by Crippen LogP contribution is 2.23. The average Bonchev–Trinajstić information content (AvgIpc) is 2.39. The molecule has 2 nitrogen and oxygen atoms in total. The molecular weight excluding hydrogens is 224 g/mol. The molecule has 0 N–H and O–H groups in total. The van der Waals surface area contributed by atoms with Gasteiger partial charge in [-0.3, -0.25) is 4.79 Å². The van der Waals surface area contributed by atoms with Crippen molar-refractivity contribution >= 4 is 11.5 Å². The van der Waals surface area contributed by atoms with Crippen LogP contribution in [0.2, 0.25) is 0 Å². The molecule has 2 aromatic rings. The predicted octanol–water partition coefficient (Wildman–Crippen LogP) is 3.67. The van der Waals surface area contributed by atoms with E-state index in [0.29, 0.717) is 5.75 Å². The molecule has 0 fully saturated rings. The van der Waals surface area contributed by atoms with Gasteiger partial charge < -0.3 is 4.74 Å². The van der Waals surface area contributed by atoms with Crippen molar-refractivity contribution in [3.05, 3.63) is 72.3 Å². The van der Waals surface area contributed by atoms with Crippen LogP contribution in [-0.4, -0.2) is 5.97 Å². The van der Waals surface area contributed by atoms with Crippen LogP contribution in [0.15, 0.2) is 61.2 Å². The molecule has 0 amide bonds. The standard InChI is InChI=1S/C16H14O2/c1-12(14-6-4-3-5-7-14)15-8-10-16(11-9-15)18-13(2)17/h3-11H,1H2,2H3. The van der Waals surface area contributed by atoms with Crippen molar-refractivity contribution in [1.29, 1.82) is 0 Å². The van der Waals surface area contributed by atoms with E-state index in [4.69, 9.17) is 4.74 Å². The van der Waals surface area contributed by atoms with Gasteiger partial charge in [0.1, 0.15) is 5.75 Å². The molecule has 0 unspecified atom stereocenters. The van der Waals surface area contributed by atoms with Gasteiger partial charge in [-0.1, -0.05) is 49.0 Å². The van der Waals surface area contributed by atoms with E-state index in [9.17, 15) is 4.79 Å². The van der Waals surface area contributed by atoms with Crippen molar-refractivity contribution in [2.45, 2.75) is 6.92 Å². The number of hydrogen-bond donors (Lipinski definition) is 0. The number of ether oxygens (including phenoxy) is 1. The van der Waals surface area contributed by atoms with E-state index in [2.05, 4.69) is 6.58 Å². The Morgan fingerprint density at radius 1 is 0.944 bits per heavy atom. The lowest BCUT2D eigenvalue weighted by molar-refractivity contribution is -0.131. The Labute approximate surface area is 107 Å². The first-order valence-corrected chi connectivity index (χ1v) is 5.70. The van der Waals surface area contributed by atoms with Gasteiger partial charge in [-0.2, -0.15) is 0 Å². The highest BCUT2D eigenvalue weighted by molar-refractivity contribution is 5.78. The van der Waals surface area contributed by atoms with Crippen LogP contribution < -0.4 is 4.74 Å². The third-order valence-corrected chi connectivity index (χ3v) is 2.59. The van der Waals surface area contributed by atoms with Gasteiger partial charge in [-0.05, 0) is 28.8 Å². The molecule has 0 bridgehead atoms. The Morgan fingerprint density at radius 3 is 2.06 bits per heavy atom. The maximum atomic E-state index is 10.8. The second-order valence-electron chi connectivity index (χ2n) is 3.96. The van der Waals surface area contributed by atoms with E-state index in [1.165, 1.54) is 6.92 Å². The van der Waals surface area contributed by atoms with E-state index in [1.807, 2.05) is 42.5 Å². The summed E-state index contributed by atoms with van der Waals surface area (Å²) >= 11 is 0. The summed E-state index contributed by atoms with van der Waals surface area (Å²) in [4.78, 5) is 10.8. The number of esters is 1. The highest BCUT2D eigenvalue weighted by Gasteiger charge is 2.03. The number of hydrogen-bond acceptors (Lipinski definition) is 2. The maximum absolute atomic E-state index is 10.8. The molecular formula is C16H14O2. The van der Waals surface area contributed by atoms with Crippen molar-refractivity contribution < 1.29 is 9.53 Å². The van der Waals surface area contributed by atoms with E-state index in [0.717, 1.165) is 16.7 Å². The Bertz CT molecular complexity index is 553. The zero-order valence-electron chi connectivity index (χ0n) is 10.2. The number of carbonyl (C=O) groups is 1. The first-order valence-electron chi connectivity index (χ1n) is 5.70. The molecule has 2 rings (SSSR count). The fraction of sp³-hybridized carbons (Fsp3) is 0.0625. The van der Waals surface area contributed by atoms with Gasteiger partial charge >= 0.3 is 5.97 Å². The first kappa shape index (κ1) is 12.1. The normalized spacial score (nSPS) is 9.83. The summed E-state index contributed by atoms with van der Waals surface area (Å²) in [5.74, 6) is 0.233. The van der Waals surface area contributed by atoms with Crippen molar-refractivity contribution in [3.63, 3.8) is 0 Å². The number of benzene rings is 2. The molecule has 0 radical (unpaired) electrons. The molecule has 0 spiro atoms. The summed E-state index contributed by atoms with van der Waals surface area (Å²) in [7, 11) is 0. The lowest BCUT2D eigenvalue weighted by atomic mass is 10.00. The highest BCUT2D eigenvalue weighted by atomic mass is 16.5. The molecule has 2 aromatic carbocycles. The topological polar surface area (TPSA) is 26.3 Å². The molecule has 0 aliphatic heterocycles. The van der Waals surface area contributed by atoms with Crippen LogP contribution in [0.3, 0.4) is 0 Å². The quantitative estimate of drug-likeness (QED) is 0.602. The van der Waals surface area contributed by atoms with Gasteiger partial charge in [0.25, 0.3) is 0 Å². The summed E-state index contributed by atoms with van der Waals surface area (Å²) < 4.78 is 4.99. The monoisotopic (exact) mass is 238 g/mol. The summed E-state index contributed by atoms with van der Waals surface area (Å²) in [6.07, 6.45) is 0. The molecule has 2 heteroatoms. The zero-order valence-corrected chi connectivity index (χ0v) is 10.2. The minimum atomic E-state index is -0.315. The number of rotatable bonds is 3. The fourth-order valence-electron chi connectivity index (χ4n) is 1.70. The lowest BCUT2D eigenvalue weighted by Gasteiger charge is -2.07. The van der Waals surface area contributed by atoms with Gasteiger partial charge in [0.15, 0.2) is 0 Å². The maximum Gasteiger partial charge on any atom is 0.308 e. The predicted molar refractivity (Wildman–Crippen MR) is 72.3 cm³/mol. The number of carbonyl (C=O) groups excluding carboxylic acids is 1. The van der Waals surface area contributed by atoms with Crippen LogP contribution in [0.5, 0.6) is 5.75 Å². The Hall–Kier alpha value is -2.35. The Morgan fingerprint density at radius 2 is 1.50 bits per heavy atom. The van der Waals surface area contributed by atoms with Crippen molar-refractivity contribution in [1.82, 2.24) is 0 Å². The zero-order chi connectivity index (χ0) is 13.0. The smallest absolute Gasteiger partial charge is 0.308 e. The van der Waals surface area contributed by atoms with Crippen molar-refractivity contribution in [2.24, 2.45) is 0 Å². The lowest BCUT2D eigenvalue weighted by Crippen LogP contribution is -2.01. The van der Waals surface area contributed by atoms with Gasteiger partial charge in [0.2, 0.25) is 0 Å². The van der Waals surface area contributed by atoms with Crippen LogP contribution in [0.4, 0.5) is 0 Å². The third-order valence-electron chi connectivity index (χ3n) is 2.59. The van der Waals surface area contributed by atoms with Crippen LogP contribution in [0, 0.1) is 0 Å².